The molecule has 25 heavy (non-hydrogen) atoms. The highest BCUT2D eigenvalue weighted by atomic mass is 35.5. The number of amides is 2. The minimum absolute atomic E-state index is 0.0464. The standard InChI is InChI=1S/C19H24Cl2N2O2/c20-16-11-15(12-17(21)13-16)19(25)23-9-5-14(6-10-23)18(24)22-7-3-1-2-4-8-22/h11-14H,1-10H2. The smallest absolute Gasteiger partial charge is 0.253 e. The summed E-state index contributed by atoms with van der Waals surface area (Å²) < 4.78 is 0. The van der Waals surface area contributed by atoms with Crippen LogP contribution in [-0.4, -0.2) is 47.8 Å². The van der Waals surface area contributed by atoms with Crippen LogP contribution in [0.4, 0.5) is 0 Å². The molecule has 2 fully saturated rings. The zero-order chi connectivity index (χ0) is 17.8. The number of hydrogen-bond acceptors (Lipinski definition) is 2. The van der Waals surface area contributed by atoms with E-state index in [0.29, 0.717) is 28.7 Å². The van der Waals surface area contributed by atoms with Crippen molar-refractivity contribution in [1.82, 2.24) is 9.80 Å². The third-order valence-corrected chi connectivity index (χ3v) is 5.60. The van der Waals surface area contributed by atoms with Gasteiger partial charge in [-0.3, -0.25) is 9.59 Å². The zero-order valence-electron chi connectivity index (χ0n) is 14.3. The molecule has 3 rings (SSSR count). The molecular weight excluding hydrogens is 359 g/mol. The Morgan fingerprint density at radius 3 is 1.92 bits per heavy atom. The van der Waals surface area contributed by atoms with Gasteiger partial charge in [0.1, 0.15) is 0 Å². The molecule has 136 valence electrons. The molecule has 0 saturated carbocycles. The predicted octanol–water partition coefficient (Wildman–Crippen LogP) is 4.25. The van der Waals surface area contributed by atoms with Crippen molar-refractivity contribution in [3.05, 3.63) is 33.8 Å². The zero-order valence-corrected chi connectivity index (χ0v) is 15.9. The minimum Gasteiger partial charge on any atom is -0.342 e. The SMILES string of the molecule is O=C(c1cc(Cl)cc(Cl)c1)N1CCC(C(=O)N2CCCCCC2)CC1. The number of piperidine rings is 1. The molecule has 0 N–H and O–H groups in total. The number of halogens is 2. The Labute approximate surface area is 159 Å². The molecule has 6 heteroatoms. The summed E-state index contributed by atoms with van der Waals surface area (Å²) in [5.41, 5.74) is 0.509. The van der Waals surface area contributed by atoms with Crippen LogP contribution in [0, 0.1) is 5.92 Å². The lowest BCUT2D eigenvalue weighted by Gasteiger charge is -2.34. The van der Waals surface area contributed by atoms with Gasteiger partial charge in [-0.05, 0) is 43.9 Å². The van der Waals surface area contributed by atoms with Gasteiger partial charge in [0, 0.05) is 47.7 Å². The molecule has 0 aromatic heterocycles. The van der Waals surface area contributed by atoms with E-state index in [0.717, 1.165) is 38.8 Å². The summed E-state index contributed by atoms with van der Waals surface area (Å²) in [6.07, 6.45) is 6.12. The summed E-state index contributed by atoms with van der Waals surface area (Å²) in [6, 6.07) is 4.90. The average Bonchev–Trinajstić information content (AvgIpc) is 2.89. The molecule has 2 amide bonds. The predicted molar refractivity (Wildman–Crippen MR) is 100 cm³/mol. The lowest BCUT2D eigenvalue weighted by molar-refractivity contribution is -0.136. The van der Waals surface area contributed by atoms with Gasteiger partial charge in [-0.1, -0.05) is 36.0 Å². The van der Waals surface area contributed by atoms with Crippen molar-refractivity contribution in [3.8, 4) is 0 Å². The van der Waals surface area contributed by atoms with Crippen molar-refractivity contribution < 1.29 is 9.59 Å². The van der Waals surface area contributed by atoms with E-state index in [1.807, 2.05) is 4.90 Å². The largest absolute Gasteiger partial charge is 0.342 e. The Kier molecular flexibility index (Phi) is 6.24. The molecule has 2 aliphatic heterocycles. The van der Waals surface area contributed by atoms with Crippen LogP contribution < -0.4 is 0 Å². The third kappa shape index (κ3) is 4.68. The minimum atomic E-state index is -0.0647. The molecule has 2 aliphatic rings. The molecule has 0 spiro atoms. The van der Waals surface area contributed by atoms with Crippen LogP contribution in [0.15, 0.2) is 18.2 Å². The molecule has 2 saturated heterocycles. The van der Waals surface area contributed by atoms with E-state index in [1.165, 1.54) is 12.8 Å². The van der Waals surface area contributed by atoms with Crippen molar-refractivity contribution in [3.63, 3.8) is 0 Å². The molecule has 2 heterocycles. The van der Waals surface area contributed by atoms with Gasteiger partial charge in [-0.2, -0.15) is 0 Å². The highest BCUT2D eigenvalue weighted by Crippen LogP contribution is 2.25. The maximum Gasteiger partial charge on any atom is 0.253 e. The normalized spacial score (nSPS) is 19.6. The number of carbonyl (C=O) groups excluding carboxylic acids is 2. The van der Waals surface area contributed by atoms with Crippen molar-refractivity contribution in [2.24, 2.45) is 5.92 Å². The van der Waals surface area contributed by atoms with Gasteiger partial charge in [0.15, 0.2) is 0 Å². The Morgan fingerprint density at radius 2 is 1.36 bits per heavy atom. The van der Waals surface area contributed by atoms with E-state index in [2.05, 4.69) is 0 Å². The van der Waals surface area contributed by atoms with E-state index in [1.54, 1.807) is 23.1 Å². The molecule has 0 atom stereocenters. The van der Waals surface area contributed by atoms with Crippen LogP contribution in [0.3, 0.4) is 0 Å². The van der Waals surface area contributed by atoms with Crippen molar-refractivity contribution in [2.75, 3.05) is 26.2 Å². The van der Waals surface area contributed by atoms with Gasteiger partial charge in [0.2, 0.25) is 5.91 Å². The van der Waals surface area contributed by atoms with Gasteiger partial charge in [-0.15, -0.1) is 0 Å². The van der Waals surface area contributed by atoms with E-state index in [-0.39, 0.29) is 17.7 Å². The summed E-state index contributed by atoms with van der Waals surface area (Å²) in [6.45, 7) is 2.98. The monoisotopic (exact) mass is 382 g/mol. The summed E-state index contributed by atoms with van der Waals surface area (Å²) in [5, 5.41) is 0.921. The number of benzene rings is 1. The quantitative estimate of drug-likeness (QED) is 0.766. The average molecular weight is 383 g/mol. The Bertz CT molecular complexity index is 614. The molecule has 0 radical (unpaired) electrons. The molecule has 4 nitrogen and oxygen atoms in total. The first-order valence-electron chi connectivity index (χ1n) is 9.09. The first kappa shape index (κ1) is 18.5. The highest BCUT2D eigenvalue weighted by Gasteiger charge is 2.30. The second kappa shape index (κ2) is 8.41. The van der Waals surface area contributed by atoms with Gasteiger partial charge in [-0.25, -0.2) is 0 Å². The number of likely N-dealkylation sites (tertiary alicyclic amines) is 2. The number of nitrogens with zero attached hydrogens (tertiary/aromatic N) is 2. The lowest BCUT2D eigenvalue weighted by atomic mass is 9.94. The molecular formula is C19H24Cl2N2O2. The van der Waals surface area contributed by atoms with E-state index < -0.39 is 0 Å². The lowest BCUT2D eigenvalue weighted by Crippen LogP contribution is -2.44. The highest BCUT2D eigenvalue weighted by molar-refractivity contribution is 6.35. The number of rotatable bonds is 2. The summed E-state index contributed by atoms with van der Waals surface area (Å²) in [4.78, 5) is 29.2. The second-order valence-electron chi connectivity index (χ2n) is 6.96. The Hall–Kier alpha value is -1.26. The summed E-state index contributed by atoms with van der Waals surface area (Å²) in [5.74, 6) is 0.259. The van der Waals surface area contributed by atoms with Gasteiger partial charge < -0.3 is 9.80 Å². The van der Waals surface area contributed by atoms with Crippen LogP contribution in [0.1, 0.15) is 48.9 Å². The van der Waals surface area contributed by atoms with Crippen LogP contribution in [0.5, 0.6) is 0 Å². The van der Waals surface area contributed by atoms with Crippen molar-refractivity contribution in [2.45, 2.75) is 38.5 Å². The maximum absolute atomic E-state index is 12.7. The van der Waals surface area contributed by atoms with Crippen LogP contribution in [0.2, 0.25) is 10.0 Å². The fourth-order valence-corrected chi connectivity index (χ4v) is 4.26. The van der Waals surface area contributed by atoms with Crippen LogP contribution >= 0.6 is 23.2 Å². The van der Waals surface area contributed by atoms with Gasteiger partial charge in [0.25, 0.3) is 5.91 Å². The first-order chi connectivity index (χ1) is 12.0. The fourth-order valence-electron chi connectivity index (χ4n) is 3.74. The van der Waals surface area contributed by atoms with Crippen LogP contribution in [0.25, 0.3) is 0 Å². The van der Waals surface area contributed by atoms with Gasteiger partial charge in [0.05, 0.1) is 0 Å². The van der Waals surface area contributed by atoms with E-state index in [4.69, 9.17) is 23.2 Å². The molecule has 0 unspecified atom stereocenters. The van der Waals surface area contributed by atoms with Crippen LogP contribution in [-0.2, 0) is 4.79 Å². The number of carbonyl (C=O) groups is 2. The van der Waals surface area contributed by atoms with E-state index in [9.17, 15) is 9.59 Å². The van der Waals surface area contributed by atoms with Crippen molar-refractivity contribution in [1.29, 1.82) is 0 Å². The van der Waals surface area contributed by atoms with Crippen molar-refractivity contribution >= 4 is 35.0 Å². The Morgan fingerprint density at radius 1 is 0.800 bits per heavy atom. The molecule has 1 aromatic rings. The summed E-state index contributed by atoms with van der Waals surface area (Å²) >= 11 is 12.0. The molecule has 1 aromatic carbocycles. The van der Waals surface area contributed by atoms with E-state index >= 15 is 0 Å². The summed E-state index contributed by atoms with van der Waals surface area (Å²) in [7, 11) is 0. The molecule has 0 bridgehead atoms. The topological polar surface area (TPSA) is 40.6 Å². The first-order valence-corrected chi connectivity index (χ1v) is 9.84. The fraction of sp³-hybridized carbons (Fsp3) is 0.579. The van der Waals surface area contributed by atoms with Gasteiger partial charge >= 0.3 is 0 Å². The molecule has 0 aliphatic carbocycles. The maximum atomic E-state index is 12.7. The third-order valence-electron chi connectivity index (χ3n) is 5.16. The number of hydrogen-bond donors (Lipinski definition) is 0. The Balaban J connectivity index is 1.57. The second-order valence-corrected chi connectivity index (χ2v) is 7.84.